The van der Waals surface area contributed by atoms with Crippen LogP contribution in [0, 0.1) is 0 Å². The maximum atomic E-state index is 12.1. The molecule has 1 fully saturated rings. The minimum Gasteiger partial charge on any atom is -0.383 e. The summed E-state index contributed by atoms with van der Waals surface area (Å²) in [6, 6.07) is 0.411. The number of amides is 1. The molecule has 0 spiro atoms. The quantitative estimate of drug-likeness (QED) is 0.735. The van der Waals surface area contributed by atoms with E-state index < -0.39 is 0 Å². The highest BCUT2D eigenvalue weighted by atomic mass is 16.5. The Morgan fingerprint density at radius 3 is 2.79 bits per heavy atom. The Hall–Kier alpha value is -0.650. The summed E-state index contributed by atoms with van der Waals surface area (Å²) >= 11 is 0. The van der Waals surface area contributed by atoms with E-state index >= 15 is 0 Å². The van der Waals surface area contributed by atoms with Crippen molar-refractivity contribution in [2.75, 3.05) is 53.0 Å². The Bertz CT molecular complexity index is 261. The second-order valence-corrected chi connectivity index (χ2v) is 5.26. The number of nitrogens with one attached hydrogen (secondary N) is 1. The van der Waals surface area contributed by atoms with Gasteiger partial charge in [-0.1, -0.05) is 6.92 Å². The van der Waals surface area contributed by atoms with Crippen LogP contribution in [0.15, 0.2) is 0 Å². The van der Waals surface area contributed by atoms with Gasteiger partial charge in [-0.05, 0) is 26.3 Å². The Morgan fingerprint density at radius 2 is 2.11 bits per heavy atom. The Kier molecular flexibility index (Phi) is 8.02. The van der Waals surface area contributed by atoms with E-state index in [0.717, 1.165) is 52.2 Å². The molecule has 0 saturated carbocycles. The van der Waals surface area contributed by atoms with E-state index in [1.54, 1.807) is 7.11 Å². The highest BCUT2D eigenvalue weighted by Crippen LogP contribution is 2.03. The summed E-state index contributed by atoms with van der Waals surface area (Å²) in [6.07, 6.45) is 2.11. The van der Waals surface area contributed by atoms with Crippen LogP contribution in [0.2, 0.25) is 0 Å². The number of methoxy groups -OCH3 is 1. The summed E-state index contributed by atoms with van der Waals surface area (Å²) in [6.45, 7) is 10.2. The molecule has 1 aliphatic heterocycles. The van der Waals surface area contributed by atoms with Crippen molar-refractivity contribution in [2.24, 2.45) is 0 Å². The third kappa shape index (κ3) is 6.36. The molecule has 1 N–H and O–H groups in total. The minimum atomic E-state index is 0.230. The molecule has 5 heteroatoms. The van der Waals surface area contributed by atoms with Crippen LogP contribution in [0.3, 0.4) is 0 Å². The van der Waals surface area contributed by atoms with Gasteiger partial charge in [0.2, 0.25) is 5.91 Å². The van der Waals surface area contributed by atoms with Crippen molar-refractivity contribution in [1.82, 2.24) is 15.1 Å². The molecule has 1 aliphatic rings. The molecule has 0 bridgehead atoms. The molecule has 0 aromatic rings. The number of rotatable bonds is 7. The summed E-state index contributed by atoms with van der Waals surface area (Å²) in [5.74, 6) is 0.230. The molecular weight excluding hydrogens is 242 g/mol. The number of carbonyl (C=O) groups excluding carboxylic acids is 1. The van der Waals surface area contributed by atoms with Crippen LogP contribution in [0.1, 0.15) is 26.7 Å². The fraction of sp³-hybridized carbons (Fsp3) is 0.929. The third-order valence-corrected chi connectivity index (χ3v) is 3.77. The van der Waals surface area contributed by atoms with E-state index in [-0.39, 0.29) is 5.91 Å². The van der Waals surface area contributed by atoms with Gasteiger partial charge in [-0.25, -0.2) is 0 Å². The predicted octanol–water partition coefficient (Wildman–Crippen LogP) is 0.555. The highest BCUT2D eigenvalue weighted by Gasteiger charge is 2.18. The topological polar surface area (TPSA) is 44.8 Å². The molecule has 1 unspecified atom stereocenters. The van der Waals surface area contributed by atoms with Gasteiger partial charge in [0.15, 0.2) is 0 Å². The molecule has 0 aromatic heterocycles. The Balaban J connectivity index is 2.29. The van der Waals surface area contributed by atoms with Crippen molar-refractivity contribution in [1.29, 1.82) is 0 Å². The summed E-state index contributed by atoms with van der Waals surface area (Å²) in [5, 5.41) is 3.27. The van der Waals surface area contributed by atoms with Gasteiger partial charge < -0.3 is 15.0 Å². The monoisotopic (exact) mass is 271 g/mol. The molecular formula is C14H29N3O2. The number of carbonyl (C=O) groups is 1. The van der Waals surface area contributed by atoms with E-state index in [9.17, 15) is 4.79 Å². The average Bonchev–Trinajstić information content (AvgIpc) is 2.67. The molecule has 0 aromatic carbocycles. The van der Waals surface area contributed by atoms with Crippen molar-refractivity contribution >= 4 is 5.91 Å². The molecule has 1 saturated heterocycles. The zero-order valence-electron chi connectivity index (χ0n) is 12.7. The summed E-state index contributed by atoms with van der Waals surface area (Å²) in [4.78, 5) is 16.5. The van der Waals surface area contributed by atoms with Crippen LogP contribution in [-0.4, -0.2) is 74.7 Å². The fourth-order valence-electron chi connectivity index (χ4n) is 2.18. The van der Waals surface area contributed by atoms with Crippen molar-refractivity contribution in [3.8, 4) is 0 Å². The van der Waals surface area contributed by atoms with Crippen molar-refractivity contribution in [3.63, 3.8) is 0 Å². The van der Waals surface area contributed by atoms with E-state index in [1.807, 2.05) is 4.90 Å². The van der Waals surface area contributed by atoms with Gasteiger partial charge in [-0.3, -0.25) is 9.69 Å². The average molecular weight is 271 g/mol. The maximum absolute atomic E-state index is 12.1. The second-order valence-electron chi connectivity index (χ2n) is 5.26. The molecule has 112 valence electrons. The number of hydrogen-bond acceptors (Lipinski definition) is 4. The normalized spacial score (nSPS) is 19.2. The van der Waals surface area contributed by atoms with Gasteiger partial charge in [0.1, 0.15) is 0 Å². The Morgan fingerprint density at radius 1 is 1.32 bits per heavy atom. The molecule has 0 aliphatic carbocycles. The first-order chi connectivity index (χ1) is 9.17. The molecule has 19 heavy (non-hydrogen) atoms. The largest absolute Gasteiger partial charge is 0.383 e. The fourth-order valence-corrected chi connectivity index (χ4v) is 2.18. The first-order valence-electron chi connectivity index (χ1n) is 7.39. The van der Waals surface area contributed by atoms with Crippen molar-refractivity contribution < 1.29 is 9.53 Å². The van der Waals surface area contributed by atoms with E-state index in [2.05, 4.69) is 24.1 Å². The van der Waals surface area contributed by atoms with Gasteiger partial charge in [0.25, 0.3) is 0 Å². The van der Waals surface area contributed by atoms with Crippen LogP contribution in [0.25, 0.3) is 0 Å². The Labute approximate surface area is 117 Å². The zero-order chi connectivity index (χ0) is 14.1. The van der Waals surface area contributed by atoms with Crippen LogP contribution < -0.4 is 5.32 Å². The first kappa shape index (κ1) is 16.4. The van der Waals surface area contributed by atoms with Gasteiger partial charge in [-0.2, -0.15) is 0 Å². The summed E-state index contributed by atoms with van der Waals surface area (Å²) in [5.41, 5.74) is 0. The summed E-state index contributed by atoms with van der Waals surface area (Å²) in [7, 11) is 1.73. The predicted molar refractivity (Wildman–Crippen MR) is 77.3 cm³/mol. The van der Waals surface area contributed by atoms with E-state index in [4.69, 9.17) is 4.74 Å². The molecule has 1 heterocycles. The van der Waals surface area contributed by atoms with Gasteiger partial charge >= 0.3 is 0 Å². The lowest BCUT2D eigenvalue weighted by atomic mass is 10.2. The number of ether oxygens (including phenoxy) is 1. The smallest absolute Gasteiger partial charge is 0.236 e. The number of hydrogen-bond donors (Lipinski definition) is 1. The zero-order valence-corrected chi connectivity index (χ0v) is 12.7. The first-order valence-corrected chi connectivity index (χ1v) is 7.39. The second kappa shape index (κ2) is 9.28. The van der Waals surface area contributed by atoms with Gasteiger partial charge in [0, 0.05) is 39.3 Å². The van der Waals surface area contributed by atoms with Crippen molar-refractivity contribution in [3.05, 3.63) is 0 Å². The molecule has 1 atom stereocenters. The van der Waals surface area contributed by atoms with Crippen LogP contribution in [0.4, 0.5) is 0 Å². The molecule has 0 radical (unpaired) electrons. The molecule has 1 rings (SSSR count). The third-order valence-electron chi connectivity index (χ3n) is 3.77. The maximum Gasteiger partial charge on any atom is 0.236 e. The van der Waals surface area contributed by atoms with Gasteiger partial charge in [-0.15, -0.1) is 0 Å². The lowest BCUT2D eigenvalue weighted by Gasteiger charge is -2.22. The SMILES string of the molecule is CCC(C)NCC(=O)N1CCCN(CCOC)CC1. The standard InChI is InChI=1S/C14H29N3O2/c1-4-13(2)15-12-14(18)17-7-5-6-16(8-9-17)10-11-19-3/h13,15H,4-12H2,1-3H3. The van der Waals surface area contributed by atoms with Crippen LogP contribution >= 0.6 is 0 Å². The number of nitrogens with zero attached hydrogens (tertiary/aromatic N) is 2. The molecule has 1 amide bonds. The van der Waals surface area contributed by atoms with Crippen LogP contribution in [-0.2, 0) is 9.53 Å². The van der Waals surface area contributed by atoms with Gasteiger partial charge in [0.05, 0.1) is 13.2 Å². The van der Waals surface area contributed by atoms with E-state index in [1.165, 1.54) is 0 Å². The lowest BCUT2D eigenvalue weighted by Crippen LogP contribution is -2.42. The molecule has 5 nitrogen and oxygen atoms in total. The lowest BCUT2D eigenvalue weighted by molar-refractivity contribution is -0.130. The highest BCUT2D eigenvalue weighted by molar-refractivity contribution is 5.78. The van der Waals surface area contributed by atoms with Crippen molar-refractivity contribution in [2.45, 2.75) is 32.7 Å². The minimum absolute atomic E-state index is 0.230. The van der Waals surface area contributed by atoms with Crippen LogP contribution in [0.5, 0.6) is 0 Å². The summed E-state index contributed by atoms with van der Waals surface area (Å²) < 4.78 is 5.10. The van der Waals surface area contributed by atoms with E-state index in [0.29, 0.717) is 12.6 Å².